The van der Waals surface area contributed by atoms with Crippen molar-refractivity contribution in [2.75, 3.05) is 0 Å². The molecule has 0 atom stereocenters. The number of carboxylic acid groups (broad SMARTS) is 1. The van der Waals surface area contributed by atoms with E-state index < -0.39 is 5.97 Å². The van der Waals surface area contributed by atoms with Gasteiger partial charge in [-0.2, -0.15) is 0 Å². The third-order valence-corrected chi connectivity index (χ3v) is 1.99. The Balaban J connectivity index is 0. The normalized spacial score (nSPS) is 9.31. The van der Waals surface area contributed by atoms with Gasteiger partial charge in [-0.1, -0.05) is 45.4 Å². The van der Waals surface area contributed by atoms with E-state index in [1.165, 1.54) is 32.1 Å². The molecule has 0 aromatic heterocycles. The minimum atomic E-state index is -0.663. The second kappa shape index (κ2) is 12.8. The molecule has 0 heterocycles. The summed E-state index contributed by atoms with van der Waals surface area (Å²) >= 11 is 0. The van der Waals surface area contributed by atoms with Crippen molar-refractivity contribution in [1.82, 2.24) is 0 Å². The van der Waals surface area contributed by atoms with Gasteiger partial charge in [0, 0.05) is 48.2 Å². The van der Waals surface area contributed by atoms with Gasteiger partial charge in [0.25, 0.3) is 0 Å². The molecule has 0 saturated heterocycles. The SMILES string of the molecule is CCCCCCCCCC(=O)O.[Ce]. The molecule has 0 aromatic carbocycles. The Hall–Kier alpha value is 0.847. The van der Waals surface area contributed by atoms with Crippen molar-refractivity contribution in [3.63, 3.8) is 0 Å². The van der Waals surface area contributed by atoms with Crippen molar-refractivity contribution in [1.29, 1.82) is 0 Å². The van der Waals surface area contributed by atoms with Crippen molar-refractivity contribution in [2.24, 2.45) is 0 Å². The summed E-state index contributed by atoms with van der Waals surface area (Å²) in [5, 5.41) is 8.35. The summed E-state index contributed by atoms with van der Waals surface area (Å²) in [6, 6.07) is 0. The van der Waals surface area contributed by atoms with E-state index in [1.54, 1.807) is 0 Å². The first-order valence-electron chi connectivity index (χ1n) is 4.99. The number of carbonyl (C=O) groups is 1. The maximum absolute atomic E-state index is 10.1. The number of rotatable bonds is 8. The van der Waals surface area contributed by atoms with Crippen LogP contribution in [0.3, 0.4) is 0 Å². The van der Waals surface area contributed by atoms with Crippen LogP contribution in [0.2, 0.25) is 0 Å². The second-order valence-electron chi connectivity index (χ2n) is 3.27. The van der Waals surface area contributed by atoms with E-state index in [-0.39, 0.29) is 41.7 Å². The predicted molar refractivity (Wildman–Crippen MR) is 50.2 cm³/mol. The van der Waals surface area contributed by atoms with Gasteiger partial charge in [-0.3, -0.25) is 4.79 Å². The number of unbranched alkanes of at least 4 members (excludes halogenated alkanes) is 6. The molecule has 0 rings (SSSR count). The minimum Gasteiger partial charge on any atom is -0.481 e. The molecule has 0 aliphatic rings. The Morgan fingerprint density at radius 2 is 1.46 bits per heavy atom. The van der Waals surface area contributed by atoms with Crippen molar-refractivity contribution in [2.45, 2.75) is 58.3 Å². The van der Waals surface area contributed by atoms with Crippen LogP contribution in [0.15, 0.2) is 0 Å². The van der Waals surface area contributed by atoms with Crippen LogP contribution in [-0.4, -0.2) is 11.1 Å². The Bertz CT molecular complexity index is 115. The number of hydrogen-bond donors (Lipinski definition) is 1. The zero-order chi connectivity index (χ0) is 9.23. The quantitative estimate of drug-likeness (QED) is 0.699. The van der Waals surface area contributed by atoms with Gasteiger partial charge in [-0.15, -0.1) is 0 Å². The summed E-state index contributed by atoms with van der Waals surface area (Å²) in [6.07, 6.45) is 8.64. The zero-order valence-electron chi connectivity index (χ0n) is 8.51. The maximum atomic E-state index is 10.1. The van der Waals surface area contributed by atoms with Gasteiger partial charge in [-0.25, -0.2) is 0 Å². The molecule has 76 valence electrons. The molecule has 0 fully saturated rings. The Labute approximate surface area is 115 Å². The van der Waals surface area contributed by atoms with E-state index in [1.807, 2.05) is 0 Å². The van der Waals surface area contributed by atoms with E-state index in [9.17, 15) is 4.79 Å². The Morgan fingerprint density at radius 3 is 1.92 bits per heavy atom. The van der Waals surface area contributed by atoms with Gasteiger partial charge >= 0.3 is 5.97 Å². The fourth-order valence-corrected chi connectivity index (χ4v) is 1.23. The van der Waals surface area contributed by atoms with Gasteiger partial charge in [0.1, 0.15) is 0 Å². The first-order valence-corrected chi connectivity index (χ1v) is 4.99. The second-order valence-corrected chi connectivity index (χ2v) is 3.27. The summed E-state index contributed by atoms with van der Waals surface area (Å²) in [5.74, 6) is -0.663. The molecular formula is C10H20CeO2. The first-order chi connectivity index (χ1) is 5.77. The molecular weight excluding hydrogens is 292 g/mol. The van der Waals surface area contributed by atoms with Crippen LogP contribution in [0.25, 0.3) is 0 Å². The van der Waals surface area contributed by atoms with E-state index >= 15 is 0 Å². The van der Waals surface area contributed by atoms with Gasteiger partial charge in [0.05, 0.1) is 0 Å². The molecule has 0 saturated carbocycles. The van der Waals surface area contributed by atoms with Crippen LogP contribution >= 0.6 is 0 Å². The van der Waals surface area contributed by atoms with Crippen LogP contribution in [0.4, 0.5) is 0 Å². The summed E-state index contributed by atoms with van der Waals surface area (Å²) in [5.41, 5.74) is 0. The molecule has 0 unspecified atom stereocenters. The smallest absolute Gasteiger partial charge is 0.303 e. The summed E-state index contributed by atoms with van der Waals surface area (Å²) in [4.78, 5) is 10.1. The molecule has 0 bridgehead atoms. The molecule has 0 radical (unpaired) electrons. The van der Waals surface area contributed by atoms with Gasteiger partial charge < -0.3 is 5.11 Å². The van der Waals surface area contributed by atoms with Gasteiger partial charge in [-0.05, 0) is 6.42 Å². The predicted octanol–water partition coefficient (Wildman–Crippen LogP) is 3.21. The minimum absolute atomic E-state index is 0. The number of hydrogen-bond acceptors (Lipinski definition) is 1. The average Bonchev–Trinajstić information content (AvgIpc) is 2.02. The van der Waals surface area contributed by atoms with E-state index in [2.05, 4.69) is 6.92 Å². The third-order valence-electron chi connectivity index (χ3n) is 1.99. The van der Waals surface area contributed by atoms with Gasteiger partial charge in [0.2, 0.25) is 0 Å². The van der Waals surface area contributed by atoms with Crippen molar-refractivity contribution < 1.29 is 51.6 Å². The summed E-state index contributed by atoms with van der Waals surface area (Å²) in [7, 11) is 0. The fraction of sp³-hybridized carbons (Fsp3) is 0.900. The molecule has 0 aliphatic carbocycles. The van der Waals surface area contributed by atoms with E-state index in [4.69, 9.17) is 5.11 Å². The van der Waals surface area contributed by atoms with Crippen LogP contribution in [-0.2, 0) is 4.79 Å². The molecule has 0 aliphatic heterocycles. The van der Waals surface area contributed by atoms with E-state index in [0.717, 1.165) is 12.8 Å². The Kier molecular flexibility index (Phi) is 16.1. The number of aliphatic carboxylic acids is 1. The molecule has 0 aromatic rings. The summed E-state index contributed by atoms with van der Waals surface area (Å²) in [6.45, 7) is 2.20. The number of carboxylic acids is 1. The van der Waals surface area contributed by atoms with Crippen LogP contribution in [0.5, 0.6) is 0 Å². The molecule has 0 amide bonds. The molecule has 13 heavy (non-hydrogen) atoms. The van der Waals surface area contributed by atoms with Crippen molar-refractivity contribution in [3.8, 4) is 0 Å². The van der Waals surface area contributed by atoms with Crippen LogP contribution < -0.4 is 0 Å². The fourth-order valence-electron chi connectivity index (χ4n) is 1.23. The largest absolute Gasteiger partial charge is 0.481 e. The molecule has 1 N–H and O–H groups in total. The maximum Gasteiger partial charge on any atom is 0.303 e. The molecule has 0 spiro atoms. The third kappa shape index (κ3) is 15.6. The Morgan fingerprint density at radius 1 is 1.00 bits per heavy atom. The standard InChI is InChI=1S/C10H20O2.Ce/c1-2-3-4-5-6-7-8-9-10(11)12;/h2-9H2,1H3,(H,11,12);. The van der Waals surface area contributed by atoms with Crippen LogP contribution in [0.1, 0.15) is 58.3 Å². The van der Waals surface area contributed by atoms with Gasteiger partial charge in [0.15, 0.2) is 0 Å². The average molecular weight is 312 g/mol. The zero-order valence-corrected chi connectivity index (χ0v) is 11.7. The van der Waals surface area contributed by atoms with Crippen molar-refractivity contribution >= 4 is 5.97 Å². The van der Waals surface area contributed by atoms with E-state index in [0.29, 0.717) is 6.42 Å². The molecule has 2 nitrogen and oxygen atoms in total. The van der Waals surface area contributed by atoms with Crippen LogP contribution in [0, 0.1) is 41.7 Å². The first kappa shape index (κ1) is 16.3. The summed E-state index contributed by atoms with van der Waals surface area (Å²) < 4.78 is 0. The monoisotopic (exact) mass is 312 g/mol. The topological polar surface area (TPSA) is 37.3 Å². The van der Waals surface area contributed by atoms with Crippen molar-refractivity contribution in [3.05, 3.63) is 0 Å². The molecule has 3 heteroatoms.